The average Bonchev–Trinajstić information content (AvgIpc) is 2.48. The Balaban J connectivity index is 2.83. The first kappa shape index (κ1) is 9.19. The van der Waals surface area contributed by atoms with Gasteiger partial charge in [-0.25, -0.2) is 9.37 Å². The first-order chi connectivity index (χ1) is 6.50. The highest BCUT2D eigenvalue weighted by atomic mass is 19.1. The van der Waals surface area contributed by atoms with Crippen LogP contribution in [-0.2, 0) is 5.41 Å². The van der Waals surface area contributed by atoms with Gasteiger partial charge in [-0.1, -0.05) is 20.8 Å². The summed E-state index contributed by atoms with van der Waals surface area (Å²) in [7, 11) is 0. The number of aromatic nitrogens is 2. The van der Waals surface area contributed by atoms with Crippen LogP contribution >= 0.6 is 0 Å². The largest absolute Gasteiger partial charge is 0.346 e. The SMILES string of the molecule is CC(C)(C)c1c(F)cnc2[nH]ccc12. The molecule has 14 heavy (non-hydrogen) atoms. The molecule has 0 aliphatic heterocycles. The van der Waals surface area contributed by atoms with E-state index in [1.165, 1.54) is 6.20 Å². The van der Waals surface area contributed by atoms with E-state index in [1.807, 2.05) is 26.8 Å². The van der Waals surface area contributed by atoms with Crippen LogP contribution in [0, 0.1) is 5.82 Å². The number of rotatable bonds is 0. The fourth-order valence-electron chi connectivity index (χ4n) is 1.75. The summed E-state index contributed by atoms with van der Waals surface area (Å²) in [4.78, 5) is 6.97. The van der Waals surface area contributed by atoms with E-state index in [0.29, 0.717) is 0 Å². The summed E-state index contributed by atoms with van der Waals surface area (Å²) in [6.45, 7) is 5.99. The number of hydrogen-bond donors (Lipinski definition) is 1. The van der Waals surface area contributed by atoms with Crippen LogP contribution in [0.5, 0.6) is 0 Å². The second-order valence-electron chi connectivity index (χ2n) is 4.47. The van der Waals surface area contributed by atoms with Crippen LogP contribution in [-0.4, -0.2) is 9.97 Å². The van der Waals surface area contributed by atoms with Crippen molar-refractivity contribution in [1.82, 2.24) is 9.97 Å². The summed E-state index contributed by atoms with van der Waals surface area (Å²) in [6.07, 6.45) is 3.06. The molecule has 2 aromatic rings. The average molecular weight is 192 g/mol. The number of pyridine rings is 1. The monoisotopic (exact) mass is 192 g/mol. The zero-order valence-corrected chi connectivity index (χ0v) is 8.56. The summed E-state index contributed by atoms with van der Waals surface area (Å²) in [5, 5.41) is 0.873. The Kier molecular flexibility index (Phi) is 1.84. The van der Waals surface area contributed by atoms with E-state index >= 15 is 0 Å². The lowest BCUT2D eigenvalue weighted by Gasteiger charge is -2.20. The minimum atomic E-state index is -0.232. The molecule has 2 aromatic heterocycles. The predicted octanol–water partition coefficient (Wildman–Crippen LogP) is 3.00. The molecule has 0 aromatic carbocycles. The second kappa shape index (κ2) is 2.80. The Labute approximate surface area is 82.2 Å². The highest BCUT2D eigenvalue weighted by molar-refractivity contribution is 5.80. The van der Waals surface area contributed by atoms with E-state index in [0.717, 1.165) is 16.6 Å². The molecule has 0 amide bonds. The van der Waals surface area contributed by atoms with E-state index < -0.39 is 0 Å². The molecule has 2 nitrogen and oxygen atoms in total. The van der Waals surface area contributed by atoms with Gasteiger partial charge in [0.25, 0.3) is 0 Å². The van der Waals surface area contributed by atoms with E-state index in [1.54, 1.807) is 6.20 Å². The summed E-state index contributed by atoms with van der Waals surface area (Å²) in [6, 6.07) is 1.87. The van der Waals surface area contributed by atoms with Crippen LogP contribution < -0.4 is 0 Å². The van der Waals surface area contributed by atoms with Crippen molar-refractivity contribution in [2.75, 3.05) is 0 Å². The maximum Gasteiger partial charge on any atom is 0.145 e. The number of aromatic amines is 1. The summed E-state index contributed by atoms with van der Waals surface area (Å²) >= 11 is 0. The Morgan fingerprint density at radius 2 is 2.07 bits per heavy atom. The summed E-state index contributed by atoms with van der Waals surface area (Å²) in [5.41, 5.74) is 1.27. The summed E-state index contributed by atoms with van der Waals surface area (Å²) < 4.78 is 13.6. The fraction of sp³-hybridized carbons (Fsp3) is 0.364. The first-order valence-electron chi connectivity index (χ1n) is 4.62. The van der Waals surface area contributed by atoms with Gasteiger partial charge in [-0.2, -0.15) is 0 Å². The third-order valence-corrected chi connectivity index (χ3v) is 2.29. The number of hydrogen-bond acceptors (Lipinski definition) is 1. The molecular weight excluding hydrogens is 179 g/mol. The third-order valence-electron chi connectivity index (χ3n) is 2.29. The van der Waals surface area contributed by atoms with E-state index in [9.17, 15) is 4.39 Å². The Morgan fingerprint density at radius 1 is 1.36 bits per heavy atom. The molecule has 0 bridgehead atoms. The first-order valence-corrected chi connectivity index (χ1v) is 4.62. The van der Waals surface area contributed by atoms with Crippen LogP contribution in [0.1, 0.15) is 26.3 Å². The van der Waals surface area contributed by atoms with Crippen molar-refractivity contribution < 1.29 is 4.39 Å². The van der Waals surface area contributed by atoms with Crippen LogP contribution in [0.15, 0.2) is 18.5 Å². The molecular formula is C11H13FN2. The lowest BCUT2D eigenvalue weighted by molar-refractivity contribution is 0.525. The van der Waals surface area contributed by atoms with Gasteiger partial charge in [0.05, 0.1) is 6.20 Å². The van der Waals surface area contributed by atoms with Crippen LogP contribution in [0.25, 0.3) is 11.0 Å². The van der Waals surface area contributed by atoms with Gasteiger partial charge in [0.1, 0.15) is 11.5 Å². The molecule has 0 saturated heterocycles. The van der Waals surface area contributed by atoms with Gasteiger partial charge in [-0.15, -0.1) is 0 Å². The van der Waals surface area contributed by atoms with E-state index in [2.05, 4.69) is 9.97 Å². The predicted molar refractivity (Wildman–Crippen MR) is 54.8 cm³/mol. The Hall–Kier alpha value is -1.38. The quantitative estimate of drug-likeness (QED) is 0.683. The molecule has 2 rings (SSSR count). The zero-order chi connectivity index (χ0) is 10.3. The van der Waals surface area contributed by atoms with Gasteiger partial charge < -0.3 is 4.98 Å². The minimum Gasteiger partial charge on any atom is -0.346 e. The Morgan fingerprint density at radius 3 is 2.71 bits per heavy atom. The molecule has 0 spiro atoms. The number of nitrogens with zero attached hydrogens (tertiary/aromatic N) is 1. The molecule has 0 unspecified atom stereocenters. The van der Waals surface area contributed by atoms with Gasteiger partial charge in [-0.3, -0.25) is 0 Å². The normalized spacial score (nSPS) is 12.3. The molecule has 74 valence electrons. The van der Waals surface area contributed by atoms with Gasteiger partial charge in [0.2, 0.25) is 0 Å². The number of nitrogens with one attached hydrogen (secondary N) is 1. The fourth-order valence-corrected chi connectivity index (χ4v) is 1.75. The van der Waals surface area contributed by atoms with E-state index in [-0.39, 0.29) is 11.2 Å². The lowest BCUT2D eigenvalue weighted by atomic mass is 9.85. The highest BCUT2D eigenvalue weighted by Crippen LogP contribution is 2.30. The van der Waals surface area contributed by atoms with Crippen molar-refractivity contribution in [3.05, 3.63) is 29.8 Å². The van der Waals surface area contributed by atoms with Crippen molar-refractivity contribution >= 4 is 11.0 Å². The standard InChI is InChI=1S/C11H13FN2/c1-11(2,3)9-7-4-5-13-10(7)14-6-8(9)12/h4-6H,1-3H3,(H,13,14). The van der Waals surface area contributed by atoms with Crippen LogP contribution in [0.2, 0.25) is 0 Å². The van der Waals surface area contributed by atoms with Crippen LogP contribution in [0.4, 0.5) is 4.39 Å². The lowest BCUT2D eigenvalue weighted by Crippen LogP contribution is -2.14. The van der Waals surface area contributed by atoms with Crippen molar-refractivity contribution in [2.45, 2.75) is 26.2 Å². The van der Waals surface area contributed by atoms with Gasteiger partial charge >= 0.3 is 0 Å². The topological polar surface area (TPSA) is 28.7 Å². The van der Waals surface area contributed by atoms with Crippen molar-refractivity contribution in [3.8, 4) is 0 Å². The van der Waals surface area contributed by atoms with Crippen molar-refractivity contribution in [1.29, 1.82) is 0 Å². The molecule has 0 aliphatic carbocycles. The van der Waals surface area contributed by atoms with Crippen molar-refractivity contribution in [2.24, 2.45) is 0 Å². The van der Waals surface area contributed by atoms with Gasteiger partial charge in [0, 0.05) is 17.1 Å². The van der Waals surface area contributed by atoms with Crippen molar-refractivity contribution in [3.63, 3.8) is 0 Å². The molecule has 0 aliphatic rings. The maximum atomic E-state index is 13.6. The minimum absolute atomic E-state index is 0.201. The van der Waals surface area contributed by atoms with Gasteiger partial charge in [-0.05, 0) is 11.5 Å². The smallest absolute Gasteiger partial charge is 0.145 e. The highest BCUT2D eigenvalue weighted by Gasteiger charge is 2.22. The van der Waals surface area contributed by atoms with E-state index in [4.69, 9.17) is 0 Å². The molecule has 2 heterocycles. The van der Waals surface area contributed by atoms with Gasteiger partial charge in [0.15, 0.2) is 0 Å². The maximum absolute atomic E-state index is 13.6. The number of H-pyrrole nitrogens is 1. The van der Waals surface area contributed by atoms with Crippen LogP contribution in [0.3, 0.4) is 0 Å². The zero-order valence-electron chi connectivity index (χ0n) is 8.56. The Bertz CT molecular complexity index is 466. The molecule has 0 fully saturated rings. The molecule has 3 heteroatoms. The number of fused-ring (bicyclic) bond motifs is 1. The molecule has 0 atom stereocenters. The molecule has 0 radical (unpaired) electrons. The molecule has 1 N–H and O–H groups in total. The third kappa shape index (κ3) is 1.29. The number of halogens is 1. The molecule has 0 saturated carbocycles. The second-order valence-corrected chi connectivity index (χ2v) is 4.47. The summed E-state index contributed by atoms with van der Waals surface area (Å²) in [5.74, 6) is -0.232.